The number of aliphatic hydroxyl groups excluding tert-OH is 1. The standard InChI is InChI=1S/C24H24N8O3.C2H4O2/c1-2-10-35-19-12-15(14-33)11-17(13-19)20(29-18-6-4-16(5-7-18)21(25)26)22-30-24(34)32(31-22)23-27-8-3-9-28-23;1-2(3)4/h2-9,11-13,20,29,33H,1,10,14H2,(H3,25,26)(H,30,31,34);1H3,(H,3,4). The van der Waals surface area contributed by atoms with Crippen LogP contribution in [0.2, 0.25) is 0 Å². The predicted octanol–water partition coefficient (Wildman–Crippen LogP) is 1.98. The summed E-state index contributed by atoms with van der Waals surface area (Å²) in [5, 5.41) is 32.6. The first-order valence-electron chi connectivity index (χ1n) is 11.6. The van der Waals surface area contributed by atoms with Gasteiger partial charge in [0.25, 0.3) is 11.9 Å². The van der Waals surface area contributed by atoms with Crippen molar-refractivity contribution in [3.63, 3.8) is 0 Å². The third-order valence-corrected chi connectivity index (χ3v) is 5.03. The highest BCUT2D eigenvalue weighted by molar-refractivity contribution is 5.95. The van der Waals surface area contributed by atoms with Crippen LogP contribution in [0, 0.1) is 5.41 Å². The van der Waals surface area contributed by atoms with E-state index in [1.54, 1.807) is 54.6 Å². The molecule has 39 heavy (non-hydrogen) atoms. The summed E-state index contributed by atoms with van der Waals surface area (Å²) in [4.78, 5) is 32.7. The van der Waals surface area contributed by atoms with Gasteiger partial charge in [-0.05, 0) is 53.6 Å². The molecule has 4 rings (SSSR count). The number of anilines is 1. The summed E-state index contributed by atoms with van der Waals surface area (Å²) >= 11 is 0. The zero-order chi connectivity index (χ0) is 28.4. The van der Waals surface area contributed by atoms with Crippen molar-refractivity contribution >= 4 is 17.5 Å². The third kappa shape index (κ3) is 7.84. The van der Waals surface area contributed by atoms with Gasteiger partial charge in [-0.3, -0.25) is 15.2 Å². The number of carboxylic acid groups (broad SMARTS) is 1. The molecule has 13 heteroatoms. The van der Waals surface area contributed by atoms with Gasteiger partial charge in [0.1, 0.15) is 24.2 Å². The van der Waals surface area contributed by atoms with Crippen molar-refractivity contribution in [2.24, 2.45) is 5.73 Å². The van der Waals surface area contributed by atoms with Crippen LogP contribution in [0.3, 0.4) is 0 Å². The van der Waals surface area contributed by atoms with Gasteiger partial charge >= 0.3 is 5.69 Å². The summed E-state index contributed by atoms with van der Waals surface area (Å²) in [6, 6.07) is 13.3. The third-order valence-electron chi connectivity index (χ3n) is 5.03. The van der Waals surface area contributed by atoms with E-state index in [4.69, 9.17) is 25.8 Å². The maximum absolute atomic E-state index is 12.7. The number of aromatic nitrogens is 5. The van der Waals surface area contributed by atoms with Gasteiger partial charge < -0.3 is 26.0 Å². The van der Waals surface area contributed by atoms with Crippen molar-refractivity contribution < 1.29 is 19.7 Å². The van der Waals surface area contributed by atoms with Gasteiger partial charge in [0.2, 0.25) is 0 Å². The van der Waals surface area contributed by atoms with E-state index in [-0.39, 0.29) is 25.0 Å². The van der Waals surface area contributed by atoms with E-state index in [9.17, 15) is 9.90 Å². The van der Waals surface area contributed by atoms with E-state index in [2.05, 4.69) is 31.9 Å². The number of nitrogens with one attached hydrogen (secondary N) is 3. The second kappa shape index (κ2) is 13.3. The fraction of sp³-hybridized carbons (Fsp3) is 0.154. The predicted molar refractivity (Wildman–Crippen MR) is 144 cm³/mol. The number of aliphatic carboxylic acids is 1. The molecule has 0 aliphatic carbocycles. The SMILES string of the molecule is C=CCOc1cc(CO)cc(C(Nc2ccc(C(=N)N)cc2)c2nn(-c3ncccn3)c(=O)[nH]2)c1.CC(=O)O. The van der Waals surface area contributed by atoms with E-state index in [0.29, 0.717) is 34.0 Å². The van der Waals surface area contributed by atoms with Gasteiger partial charge in [-0.15, -0.1) is 9.78 Å². The zero-order valence-electron chi connectivity index (χ0n) is 21.0. The molecule has 0 aliphatic heterocycles. The van der Waals surface area contributed by atoms with Gasteiger partial charge in [-0.1, -0.05) is 18.7 Å². The van der Waals surface area contributed by atoms with Crippen molar-refractivity contribution in [2.45, 2.75) is 19.6 Å². The second-order valence-corrected chi connectivity index (χ2v) is 8.03. The number of hydrogen-bond acceptors (Lipinski definition) is 9. The number of nitrogen functional groups attached to an aromatic ring is 1. The first kappa shape index (κ1) is 28.3. The molecule has 2 heterocycles. The Balaban J connectivity index is 0.000000983. The van der Waals surface area contributed by atoms with Crippen molar-refractivity contribution in [2.75, 3.05) is 11.9 Å². The summed E-state index contributed by atoms with van der Waals surface area (Å²) in [5.74, 6) is 0.0728. The van der Waals surface area contributed by atoms with Crippen LogP contribution >= 0.6 is 0 Å². The minimum atomic E-state index is -0.833. The Kier molecular flexibility index (Phi) is 9.64. The normalized spacial score (nSPS) is 11.0. The highest BCUT2D eigenvalue weighted by atomic mass is 16.5. The molecule has 2 aromatic heterocycles. The fourth-order valence-corrected chi connectivity index (χ4v) is 3.41. The number of nitrogens with zero attached hydrogens (tertiary/aromatic N) is 4. The number of nitrogens with two attached hydrogens (primary N) is 1. The number of amidine groups is 1. The van der Waals surface area contributed by atoms with Crippen LogP contribution in [0.1, 0.15) is 35.5 Å². The summed E-state index contributed by atoms with van der Waals surface area (Å²) < 4.78 is 6.78. The molecule has 0 saturated heterocycles. The van der Waals surface area contributed by atoms with Crippen molar-refractivity contribution in [3.05, 3.63) is 107 Å². The summed E-state index contributed by atoms with van der Waals surface area (Å²) in [5.41, 5.74) is 7.62. The Hall–Kier alpha value is -5.30. The Morgan fingerprint density at radius 1 is 1.26 bits per heavy atom. The first-order valence-corrected chi connectivity index (χ1v) is 11.6. The minimum absolute atomic E-state index is 0.0429. The number of aliphatic hydroxyl groups is 1. The van der Waals surface area contributed by atoms with Crippen LogP contribution in [-0.4, -0.2) is 53.4 Å². The number of ether oxygens (including phenoxy) is 1. The minimum Gasteiger partial charge on any atom is -0.490 e. The van der Waals surface area contributed by atoms with Gasteiger partial charge in [-0.25, -0.2) is 14.8 Å². The molecule has 0 aliphatic rings. The van der Waals surface area contributed by atoms with Crippen LogP contribution in [0.4, 0.5) is 5.69 Å². The van der Waals surface area contributed by atoms with Crippen molar-refractivity contribution in [1.29, 1.82) is 5.41 Å². The summed E-state index contributed by atoms with van der Waals surface area (Å²) in [6.07, 6.45) is 4.66. The number of aromatic amines is 1. The Bertz CT molecular complexity index is 1480. The van der Waals surface area contributed by atoms with Gasteiger partial charge in [-0.2, -0.15) is 0 Å². The van der Waals surface area contributed by atoms with E-state index in [0.717, 1.165) is 11.6 Å². The topological polar surface area (TPSA) is 205 Å². The number of H-pyrrole nitrogens is 1. The van der Waals surface area contributed by atoms with Gasteiger partial charge in [0.05, 0.1) is 6.61 Å². The Labute approximate surface area is 223 Å². The number of carbonyl (C=O) groups is 1. The molecule has 4 aromatic rings. The van der Waals surface area contributed by atoms with Crippen molar-refractivity contribution in [1.82, 2.24) is 24.7 Å². The number of carboxylic acids is 1. The molecule has 202 valence electrons. The molecule has 0 radical (unpaired) electrons. The molecule has 7 N–H and O–H groups in total. The lowest BCUT2D eigenvalue weighted by molar-refractivity contribution is -0.134. The second-order valence-electron chi connectivity index (χ2n) is 8.03. The highest BCUT2D eigenvalue weighted by Gasteiger charge is 2.22. The molecule has 0 bridgehead atoms. The lowest BCUT2D eigenvalue weighted by Gasteiger charge is -2.20. The maximum atomic E-state index is 12.7. The molecular formula is C26H28N8O5. The average Bonchev–Trinajstić information content (AvgIpc) is 3.31. The quantitative estimate of drug-likeness (QED) is 0.0994. The molecule has 13 nitrogen and oxygen atoms in total. The van der Waals surface area contributed by atoms with E-state index < -0.39 is 17.7 Å². The molecule has 0 fully saturated rings. The maximum Gasteiger partial charge on any atom is 0.350 e. The first-order chi connectivity index (χ1) is 18.7. The molecule has 0 amide bonds. The van der Waals surface area contributed by atoms with Crippen LogP contribution in [0.15, 0.2) is 78.4 Å². The lowest BCUT2D eigenvalue weighted by Crippen LogP contribution is -2.18. The summed E-state index contributed by atoms with van der Waals surface area (Å²) in [6.45, 7) is 4.83. The number of hydrogen-bond donors (Lipinski definition) is 6. The van der Waals surface area contributed by atoms with E-state index in [1.807, 2.05) is 0 Å². The molecule has 1 unspecified atom stereocenters. The van der Waals surface area contributed by atoms with E-state index >= 15 is 0 Å². The number of benzene rings is 2. The fourth-order valence-electron chi connectivity index (χ4n) is 3.41. The molecule has 2 aromatic carbocycles. The smallest absolute Gasteiger partial charge is 0.350 e. The zero-order valence-corrected chi connectivity index (χ0v) is 21.0. The average molecular weight is 533 g/mol. The van der Waals surface area contributed by atoms with Crippen LogP contribution in [0.5, 0.6) is 5.75 Å². The van der Waals surface area contributed by atoms with Crippen LogP contribution in [-0.2, 0) is 11.4 Å². The lowest BCUT2D eigenvalue weighted by atomic mass is 10.0. The summed E-state index contributed by atoms with van der Waals surface area (Å²) in [7, 11) is 0. The van der Waals surface area contributed by atoms with Crippen LogP contribution < -0.4 is 21.5 Å². The molecule has 1 atom stereocenters. The van der Waals surface area contributed by atoms with Gasteiger partial charge in [0.15, 0.2) is 5.82 Å². The Morgan fingerprint density at radius 2 is 1.92 bits per heavy atom. The Morgan fingerprint density at radius 3 is 2.51 bits per heavy atom. The monoisotopic (exact) mass is 532 g/mol. The molecular weight excluding hydrogens is 504 g/mol. The molecule has 0 saturated carbocycles. The van der Waals surface area contributed by atoms with Gasteiger partial charge in [0, 0.05) is 30.6 Å². The molecule has 0 spiro atoms. The van der Waals surface area contributed by atoms with Crippen LogP contribution in [0.25, 0.3) is 5.95 Å². The highest BCUT2D eigenvalue weighted by Crippen LogP contribution is 2.29. The van der Waals surface area contributed by atoms with E-state index in [1.165, 1.54) is 12.4 Å². The number of rotatable bonds is 10. The largest absolute Gasteiger partial charge is 0.490 e. The van der Waals surface area contributed by atoms with Crippen molar-refractivity contribution in [3.8, 4) is 11.7 Å².